The lowest BCUT2D eigenvalue weighted by molar-refractivity contribution is -0.383. The third-order valence-electron chi connectivity index (χ3n) is 3.75. The van der Waals surface area contributed by atoms with Crippen LogP contribution in [0.4, 0.5) is 17.3 Å². The molecule has 0 bridgehead atoms. The van der Waals surface area contributed by atoms with Crippen molar-refractivity contribution in [2.75, 3.05) is 43.4 Å². The molecule has 0 saturated carbocycles. The second kappa shape index (κ2) is 5.80. The van der Waals surface area contributed by atoms with Crippen LogP contribution in [0.25, 0.3) is 0 Å². The highest BCUT2D eigenvalue weighted by molar-refractivity contribution is 5.70. The summed E-state index contributed by atoms with van der Waals surface area (Å²) in [4.78, 5) is 23.3. The van der Waals surface area contributed by atoms with Gasteiger partial charge in [-0.05, 0) is 20.8 Å². The molecular weight excluding hydrogens is 272 g/mol. The summed E-state index contributed by atoms with van der Waals surface area (Å²) in [6.07, 6.45) is 1.37. The first-order valence-electron chi connectivity index (χ1n) is 7.01. The summed E-state index contributed by atoms with van der Waals surface area (Å²) < 4.78 is 0. The van der Waals surface area contributed by atoms with E-state index in [1.165, 1.54) is 6.33 Å². The Bertz CT molecular complexity index is 520. The molecule has 1 aliphatic rings. The van der Waals surface area contributed by atoms with Gasteiger partial charge in [0.25, 0.3) is 0 Å². The predicted molar refractivity (Wildman–Crippen MR) is 81.8 cm³/mol. The van der Waals surface area contributed by atoms with E-state index >= 15 is 0 Å². The van der Waals surface area contributed by atoms with Crippen molar-refractivity contribution in [3.05, 3.63) is 16.4 Å². The zero-order chi connectivity index (χ0) is 15.6. The molecule has 2 rings (SSSR count). The first kappa shape index (κ1) is 15.4. The van der Waals surface area contributed by atoms with Gasteiger partial charge in [0, 0.05) is 38.8 Å². The van der Waals surface area contributed by atoms with Gasteiger partial charge in [0.15, 0.2) is 0 Å². The smallest absolute Gasteiger partial charge is 0.353 e. The Morgan fingerprint density at radius 1 is 1.24 bits per heavy atom. The van der Waals surface area contributed by atoms with Crippen LogP contribution in [0, 0.1) is 10.1 Å². The molecule has 21 heavy (non-hydrogen) atoms. The van der Waals surface area contributed by atoms with Gasteiger partial charge in [-0.3, -0.25) is 15.0 Å². The summed E-state index contributed by atoms with van der Waals surface area (Å²) in [7, 11) is 1.62. The summed E-state index contributed by atoms with van der Waals surface area (Å²) in [5, 5.41) is 14.1. The summed E-state index contributed by atoms with van der Waals surface area (Å²) in [5.41, 5.74) is 0.0593. The normalized spacial score (nSPS) is 16.9. The fourth-order valence-electron chi connectivity index (χ4n) is 2.54. The highest BCUT2D eigenvalue weighted by Gasteiger charge is 2.31. The van der Waals surface area contributed by atoms with E-state index in [-0.39, 0.29) is 17.0 Å². The molecule has 1 fully saturated rings. The number of nitro groups is 1. The van der Waals surface area contributed by atoms with Gasteiger partial charge in [0.05, 0.1) is 4.92 Å². The highest BCUT2D eigenvalue weighted by atomic mass is 16.6. The second-order valence-electron chi connectivity index (χ2n) is 6.05. The Morgan fingerprint density at radius 2 is 1.86 bits per heavy atom. The maximum Gasteiger partial charge on any atom is 0.353 e. The Kier molecular flexibility index (Phi) is 4.26. The zero-order valence-electron chi connectivity index (χ0n) is 13.0. The van der Waals surface area contributed by atoms with Crippen molar-refractivity contribution >= 4 is 17.3 Å². The van der Waals surface area contributed by atoms with Crippen LogP contribution in [-0.4, -0.2) is 58.6 Å². The van der Waals surface area contributed by atoms with Crippen molar-refractivity contribution in [2.45, 2.75) is 26.3 Å². The fourth-order valence-corrected chi connectivity index (χ4v) is 2.54. The highest BCUT2D eigenvalue weighted by Crippen LogP contribution is 2.32. The lowest BCUT2D eigenvalue weighted by Gasteiger charge is -2.42. The van der Waals surface area contributed by atoms with Gasteiger partial charge in [-0.2, -0.15) is 0 Å². The molecule has 0 aromatic carbocycles. The summed E-state index contributed by atoms with van der Waals surface area (Å²) in [5.74, 6) is 0.649. The minimum absolute atomic E-state index is 0.0517. The molecule has 116 valence electrons. The Hall–Kier alpha value is -1.96. The van der Waals surface area contributed by atoms with Crippen LogP contribution < -0.4 is 10.2 Å². The van der Waals surface area contributed by atoms with Crippen LogP contribution in [0.3, 0.4) is 0 Å². The molecule has 0 aliphatic carbocycles. The van der Waals surface area contributed by atoms with Gasteiger partial charge in [0.2, 0.25) is 11.6 Å². The maximum absolute atomic E-state index is 11.3. The SMILES string of the molecule is CNc1ncnc(N2CCN(C(C)(C)C)CC2)c1[N+](=O)[O-]. The Balaban J connectivity index is 2.23. The van der Waals surface area contributed by atoms with E-state index in [4.69, 9.17) is 0 Å². The van der Waals surface area contributed by atoms with Crippen LogP contribution >= 0.6 is 0 Å². The number of anilines is 2. The van der Waals surface area contributed by atoms with Crippen molar-refractivity contribution < 1.29 is 4.92 Å². The lowest BCUT2D eigenvalue weighted by atomic mass is 10.0. The van der Waals surface area contributed by atoms with Crippen molar-refractivity contribution in [3.8, 4) is 0 Å². The minimum Gasteiger partial charge on any atom is -0.367 e. The van der Waals surface area contributed by atoms with Crippen molar-refractivity contribution in [3.63, 3.8) is 0 Å². The molecule has 1 aromatic rings. The van der Waals surface area contributed by atoms with Gasteiger partial charge in [0.1, 0.15) is 6.33 Å². The van der Waals surface area contributed by atoms with Gasteiger partial charge in [-0.25, -0.2) is 9.97 Å². The van der Waals surface area contributed by atoms with E-state index in [1.807, 2.05) is 4.90 Å². The van der Waals surface area contributed by atoms with Gasteiger partial charge in [-0.1, -0.05) is 0 Å². The average Bonchev–Trinajstić information content (AvgIpc) is 2.45. The van der Waals surface area contributed by atoms with Crippen molar-refractivity contribution in [2.24, 2.45) is 0 Å². The average molecular weight is 294 g/mol. The standard InChI is InChI=1S/C13H22N6O2/c1-13(2,3)18-7-5-17(6-8-18)12-10(19(20)21)11(14-4)15-9-16-12/h9H,5-8H2,1-4H3,(H,14,15,16). The molecule has 1 saturated heterocycles. The summed E-state index contributed by atoms with van der Waals surface area (Å²) >= 11 is 0. The number of hydrogen-bond donors (Lipinski definition) is 1. The fraction of sp³-hybridized carbons (Fsp3) is 0.692. The number of nitrogens with one attached hydrogen (secondary N) is 1. The number of piperazine rings is 1. The predicted octanol–water partition coefficient (Wildman–Crippen LogP) is 1.35. The molecule has 2 heterocycles. The van der Waals surface area contributed by atoms with Crippen molar-refractivity contribution in [1.29, 1.82) is 0 Å². The molecule has 1 N–H and O–H groups in total. The summed E-state index contributed by atoms with van der Waals surface area (Å²) in [6, 6.07) is 0. The number of nitrogens with zero attached hydrogens (tertiary/aromatic N) is 5. The van der Waals surface area contributed by atoms with E-state index in [9.17, 15) is 10.1 Å². The van der Waals surface area contributed by atoms with E-state index in [0.29, 0.717) is 5.82 Å². The minimum atomic E-state index is -0.419. The number of rotatable bonds is 3. The van der Waals surface area contributed by atoms with E-state index in [0.717, 1.165) is 26.2 Å². The van der Waals surface area contributed by atoms with Gasteiger partial charge >= 0.3 is 5.69 Å². The summed E-state index contributed by atoms with van der Waals surface area (Å²) in [6.45, 7) is 9.69. The van der Waals surface area contributed by atoms with Crippen LogP contribution in [0.1, 0.15) is 20.8 Å². The van der Waals surface area contributed by atoms with Crippen LogP contribution in [-0.2, 0) is 0 Å². The molecule has 1 aliphatic heterocycles. The van der Waals surface area contributed by atoms with E-state index in [2.05, 4.69) is 41.0 Å². The Labute approximate surface area is 124 Å². The second-order valence-corrected chi connectivity index (χ2v) is 6.05. The topological polar surface area (TPSA) is 87.4 Å². The monoisotopic (exact) mass is 294 g/mol. The van der Waals surface area contributed by atoms with Crippen LogP contribution in [0.5, 0.6) is 0 Å². The van der Waals surface area contributed by atoms with Crippen LogP contribution in [0.15, 0.2) is 6.33 Å². The first-order chi connectivity index (χ1) is 9.84. The maximum atomic E-state index is 11.3. The molecule has 0 atom stereocenters. The molecule has 0 radical (unpaired) electrons. The molecule has 0 unspecified atom stereocenters. The quantitative estimate of drug-likeness (QED) is 0.665. The molecule has 8 heteroatoms. The molecule has 8 nitrogen and oxygen atoms in total. The lowest BCUT2D eigenvalue weighted by Crippen LogP contribution is -2.53. The van der Waals surface area contributed by atoms with Crippen molar-refractivity contribution in [1.82, 2.24) is 14.9 Å². The number of aromatic nitrogens is 2. The van der Waals surface area contributed by atoms with E-state index in [1.54, 1.807) is 7.05 Å². The largest absolute Gasteiger partial charge is 0.367 e. The Morgan fingerprint density at radius 3 is 2.33 bits per heavy atom. The van der Waals surface area contributed by atoms with Gasteiger partial charge < -0.3 is 10.2 Å². The van der Waals surface area contributed by atoms with Crippen LogP contribution in [0.2, 0.25) is 0 Å². The number of hydrogen-bond acceptors (Lipinski definition) is 7. The molecule has 0 amide bonds. The van der Waals surface area contributed by atoms with Gasteiger partial charge in [-0.15, -0.1) is 0 Å². The third-order valence-corrected chi connectivity index (χ3v) is 3.75. The van der Waals surface area contributed by atoms with E-state index < -0.39 is 4.92 Å². The first-order valence-corrected chi connectivity index (χ1v) is 7.01. The zero-order valence-corrected chi connectivity index (χ0v) is 13.0. The third kappa shape index (κ3) is 3.21. The molecule has 1 aromatic heterocycles. The molecule has 0 spiro atoms. The molecular formula is C13H22N6O2.